The summed E-state index contributed by atoms with van der Waals surface area (Å²) < 4.78 is 6.19. The van der Waals surface area contributed by atoms with E-state index in [1.807, 2.05) is 0 Å². The number of hydrogen-bond acceptors (Lipinski definition) is 1. The Kier molecular flexibility index (Phi) is 12.8. The maximum absolute atomic E-state index is 6.19. The van der Waals surface area contributed by atoms with Crippen molar-refractivity contribution in [3.63, 3.8) is 0 Å². The van der Waals surface area contributed by atoms with Crippen LogP contribution in [-0.2, 0) is 4.12 Å². The van der Waals surface area contributed by atoms with E-state index in [2.05, 4.69) is 20.8 Å². The van der Waals surface area contributed by atoms with E-state index in [1.54, 1.807) is 0 Å². The van der Waals surface area contributed by atoms with Crippen LogP contribution in [0.25, 0.3) is 0 Å². The van der Waals surface area contributed by atoms with Gasteiger partial charge in [0.1, 0.15) is 9.76 Å². The van der Waals surface area contributed by atoms with Crippen LogP contribution in [0.4, 0.5) is 0 Å². The van der Waals surface area contributed by atoms with Gasteiger partial charge in [0, 0.05) is 0 Å². The van der Waals surface area contributed by atoms with Crippen LogP contribution in [-0.4, -0.2) is 18.8 Å². The molecule has 1 nitrogen and oxygen atoms in total. The van der Waals surface area contributed by atoms with Gasteiger partial charge in [-0.2, -0.15) is 0 Å². The highest BCUT2D eigenvalue weighted by Crippen LogP contribution is 2.11. The van der Waals surface area contributed by atoms with Crippen LogP contribution in [0.2, 0.25) is 18.1 Å². The summed E-state index contributed by atoms with van der Waals surface area (Å²) >= 11 is 0. The van der Waals surface area contributed by atoms with Crippen molar-refractivity contribution in [3.05, 3.63) is 0 Å². The molecule has 1 radical (unpaired) electrons. The lowest BCUT2D eigenvalue weighted by Gasteiger charge is -2.15. The van der Waals surface area contributed by atoms with E-state index < -0.39 is 0 Å². The van der Waals surface area contributed by atoms with Gasteiger partial charge >= 0.3 is 0 Å². The Balaban J connectivity index is 3.49. The fourth-order valence-corrected chi connectivity index (χ4v) is 6.92. The van der Waals surface area contributed by atoms with Gasteiger partial charge in [-0.3, -0.25) is 0 Å². The smallest absolute Gasteiger partial charge is 0.197 e. The van der Waals surface area contributed by atoms with Gasteiger partial charge in [0.2, 0.25) is 0 Å². The molecule has 0 saturated carbocycles. The minimum Gasteiger partial charge on any atom is -0.460 e. The molecule has 0 aromatic rings. The van der Waals surface area contributed by atoms with Gasteiger partial charge in [-0.05, 0) is 18.1 Å². The molecule has 0 amide bonds. The number of hydrogen-bond donors (Lipinski definition) is 0. The van der Waals surface area contributed by atoms with E-state index >= 15 is 0 Å². The van der Waals surface area contributed by atoms with Gasteiger partial charge in [-0.15, -0.1) is 0 Å². The SMILES string of the molecule is CCCC[SiH2]O[Si](CCCC)CCCC. The predicted octanol–water partition coefficient (Wildman–Crippen LogP) is 3.90. The molecule has 0 spiro atoms. The van der Waals surface area contributed by atoms with Crippen molar-refractivity contribution in [3.8, 4) is 0 Å². The Labute approximate surface area is 101 Å². The van der Waals surface area contributed by atoms with Crippen molar-refractivity contribution < 1.29 is 4.12 Å². The first-order chi connectivity index (χ1) is 7.35. The van der Waals surface area contributed by atoms with Gasteiger partial charge in [-0.1, -0.05) is 59.3 Å². The molecular formula is C12H29OSi2. The van der Waals surface area contributed by atoms with E-state index in [0.717, 1.165) is 0 Å². The molecule has 3 heteroatoms. The number of rotatable bonds is 11. The van der Waals surface area contributed by atoms with Crippen LogP contribution in [0, 0.1) is 0 Å². The van der Waals surface area contributed by atoms with Crippen LogP contribution < -0.4 is 0 Å². The second kappa shape index (κ2) is 12.5. The average Bonchev–Trinajstić information content (AvgIpc) is 2.27. The van der Waals surface area contributed by atoms with Gasteiger partial charge < -0.3 is 4.12 Å². The maximum atomic E-state index is 6.19. The van der Waals surface area contributed by atoms with Gasteiger partial charge in [0.25, 0.3) is 0 Å². The van der Waals surface area contributed by atoms with Gasteiger partial charge in [-0.25, -0.2) is 0 Å². The van der Waals surface area contributed by atoms with E-state index in [9.17, 15) is 0 Å². The zero-order valence-corrected chi connectivity index (χ0v) is 13.4. The van der Waals surface area contributed by atoms with Crippen molar-refractivity contribution in [2.75, 3.05) is 0 Å². The summed E-state index contributed by atoms with van der Waals surface area (Å²) in [6.45, 7) is 6.84. The third-order valence-electron chi connectivity index (χ3n) is 2.67. The molecule has 0 aromatic heterocycles. The fourth-order valence-electron chi connectivity index (χ4n) is 1.59. The van der Waals surface area contributed by atoms with E-state index in [-0.39, 0.29) is 18.8 Å². The third-order valence-corrected chi connectivity index (χ3v) is 7.73. The Morgan fingerprint density at radius 2 is 1.40 bits per heavy atom. The Morgan fingerprint density at radius 1 is 0.867 bits per heavy atom. The average molecular weight is 246 g/mol. The van der Waals surface area contributed by atoms with Crippen molar-refractivity contribution in [1.29, 1.82) is 0 Å². The molecule has 0 saturated heterocycles. The molecule has 0 atom stereocenters. The topological polar surface area (TPSA) is 9.23 Å². The first kappa shape index (κ1) is 15.4. The lowest BCUT2D eigenvalue weighted by atomic mass is 10.4. The van der Waals surface area contributed by atoms with Crippen molar-refractivity contribution >= 4 is 18.8 Å². The molecule has 0 aromatic carbocycles. The highest BCUT2D eigenvalue weighted by atomic mass is 28.3. The first-order valence-electron chi connectivity index (χ1n) is 6.82. The summed E-state index contributed by atoms with van der Waals surface area (Å²) in [5.41, 5.74) is 0. The summed E-state index contributed by atoms with van der Waals surface area (Å²) in [7, 11) is -0.546. The fraction of sp³-hybridized carbons (Fsp3) is 1.00. The lowest BCUT2D eigenvalue weighted by molar-refractivity contribution is 0.582. The summed E-state index contributed by atoms with van der Waals surface area (Å²) in [6.07, 6.45) is 8.17. The molecule has 0 heterocycles. The second-order valence-electron chi connectivity index (χ2n) is 4.30. The zero-order valence-electron chi connectivity index (χ0n) is 11.0. The molecule has 0 unspecified atom stereocenters. The number of unbranched alkanes of at least 4 members (excludes halogenated alkanes) is 3. The third kappa shape index (κ3) is 10.7. The molecule has 0 rings (SSSR count). The zero-order chi connectivity index (χ0) is 11.4. The minimum absolute atomic E-state index is 0.158. The van der Waals surface area contributed by atoms with Crippen LogP contribution in [0.5, 0.6) is 0 Å². The van der Waals surface area contributed by atoms with Gasteiger partial charge in [0.05, 0.1) is 0 Å². The lowest BCUT2D eigenvalue weighted by Crippen LogP contribution is -2.20. The molecule has 0 aliphatic carbocycles. The van der Waals surface area contributed by atoms with Crippen molar-refractivity contribution in [2.45, 2.75) is 77.4 Å². The summed E-state index contributed by atoms with van der Waals surface area (Å²) in [4.78, 5) is 0. The molecule has 0 aliphatic rings. The molecule has 91 valence electrons. The van der Waals surface area contributed by atoms with Crippen LogP contribution in [0.1, 0.15) is 59.3 Å². The standard InChI is InChI=1S/C12H29OSi2/c1-4-7-10-14-13-15(11-8-5-2)12-9-6-3/h4-12,14H2,1-3H3. The summed E-state index contributed by atoms with van der Waals surface area (Å²) in [5.74, 6) is 0. The van der Waals surface area contributed by atoms with E-state index in [1.165, 1.54) is 56.7 Å². The Hall–Kier alpha value is 0.394. The Morgan fingerprint density at radius 3 is 1.87 bits per heavy atom. The molecule has 0 aliphatic heterocycles. The highest BCUT2D eigenvalue weighted by molar-refractivity contribution is 6.58. The predicted molar refractivity (Wildman–Crippen MR) is 74.5 cm³/mol. The molecule has 0 fully saturated rings. The minimum atomic E-state index is -0.389. The summed E-state index contributed by atoms with van der Waals surface area (Å²) in [6, 6.07) is 4.21. The largest absolute Gasteiger partial charge is 0.460 e. The van der Waals surface area contributed by atoms with Crippen LogP contribution in [0.3, 0.4) is 0 Å². The van der Waals surface area contributed by atoms with E-state index in [0.29, 0.717) is 0 Å². The molecule has 0 N–H and O–H groups in total. The van der Waals surface area contributed by atoms with Gasteiger partial charge in [0.15, 0.2) is 9.04 Å². The summed E-state index contributed by atoms with van der Waals surface area (Å²) in [5, 5.41) is 0. The second-order valence-corrected chi connectivity index (χ2v) is 8.65. The quantitative estimate of drug-likeness (QED) is 0.396. The van der Waals surface area contributed by atoms with Crippen LogP contribution >= 0.6 is 0 Å². The van der Waals surface area contributed by atoms with Crippen molar-refractivity contribution in [2.24, 2.45) is 0 Å². The molecular weight excluding hydrogens is 216 g/mol. The molecule has 15 heavy (non-hydrogen) atoms. The van der Waals surface area contributed by atoms with Crippen LogP contribution in [0.15, 0.2) is 0 Å². The maximum Gasteiger partial charge on any atom is 0.197 e. The highest BCUT2D eigenvalue weighted by Gasteiger charge is 2.11. The first-order valence-corrected chi connectivity index (χ1v) is 10.2. The molecule has 0 bridgehead atoms. The monoisotopic (exact) mass is 245 g/mol. The normalized spacial score (nSPS) is 12.0. The van der Waals surface area contributed by atoms with E-state index in [4.69, 9.17) is 4.12 Å². The Bertz CT molecular complexity index is 112. The van der Waals surface area contributed by atoms with Crippen molar-refractivity contribution in [1.82, 2.24) is 0 Å².